The topological polar surface area (TPSA) is 88.7 Å². The van der Waals surface area contributed by atoms with Crippen LogP contribution < -0.4 is 10.5 Å². The number of likely N-dealkylation sites (tertiary alicyclic amines) is 1. The maximum Gasteiger partial charge on any atom is 0.228 e. The molecule has 198 valence electrons. The lowest BCUT2D eigenvalue weighted by atomic mass is 9.72. The van der Waals surface area contributed by atoms with Gasteiger partial charge in [-0.3, -0.25) is 9.78 Å². The first-order valence-electron chi connectivity index (χ1n) is 13.1. The molecule has 0 bridgehead atoms. The highest BCUT2D eigenvalue weighted by Crippen LogP contribution is 2.39. The van der Waals surface area contributed by atoms with Gasteiger partial charge in [-0.05, 0) is 93.2 Å². The first kappa shape index (κ1) is 26.4. The van der Waals surface area contributed by atoms with E-state index < -0.39 is 11.0 Å². The van der Waals surface area contributed by atoms with Gasteiger partial charge in [0.1, 0.15) is 12.4 Å². The average Bonchev–Trinajstić information content (AvgIpc) is 3.06. The highest BCUT2D eigenvalue weighted by Gasteiger charge is 2.41. The molecule has 5 rings (SSSR count). The number of carbonyl (C=O) groups excluding carboxylic acids is 1. The Morgan fingerprint density at radius 1 is 1.16 bits per heavy atom. The number of nitrogens with two attached hydrogens (primary N) is 1. The molecule has 0 spiro atoms. The minimum absolute atomic E-state index is 0.275. The Bertz CT molecular complexity index is 1350. The van der Waals surface area contributed by atoms with E-state index in [2.05, 4.69) is 22.0 Å². The van der Waals surface area contributed by atoms with Crippen molar-refractivity contribution in [3.8, 4) is 5.75 Å². The molecule has 1 fully saturated rings. The SMILES string of the molecule is CC(C)(O)c1ccc2c(c1)C(=CCCN1CCC(C(N)=O)(c3ccc(Cl)cc3)CC1)c1cccnc1CO2. The minimum atomic E-state index is -0.963. The number of hydrogen-bond donors (Lipinski definition) is 2. The predicted octanol–water partition coefficient (Wildman–Crippen LogP) is 5.20. The number of hydrogen-bond acceptors (Lipinski definition) is 5. The van der Waals surface area contributed by atoms with E-state index in [1.807, 2.05) is 48.5 Å². The summed E-state index contributed by atoms with van der Waals surface area (Å²) < 4.78 is 6.12. The molecule has 3 N–H and O–H groups in total. The number of nitrogens with zero attached hydrogens (tertiary/aromatic N) is 2. The number of ether oxygens (including phenoxy) is 1. The Kier molecular flexibility index (Phi) is 7.32. The van der Waals surface area contributed by atoms with E-state index in [1.165, 1.54) is 0 Å². The molecular weight excluding hydrogens is 498 g/mol. The third-order valence-corrected chi connectivity index (χ3v) is 8.14. The van der Waals surface area contributed by atoms with Gasteiger partial charge in [0.25, 0.3) is 0 Å². The molecule has 1 aromatic heterocycles. The molecule has 3 heterocycles. The van der Waals surface area contributed by atoms with E-state index in [4.69, 9.17) is 22.1 Å². The van der Waals surface area contributed by atoms with Crippen LogP contribution in [0.25, 0.3) is 5.57 Å². The summed E-state index contributed by atoms with van der Waals surface area (Å²) in [6.45, 7) is 6.41. The number of aliphatic hydroxyl groups is 1. The lowest BCUT2D eigenvalue weighted by Gasteiger charge is -2.40. The second-order valence-electron chi connectivity index (χ2n) is 10.8. The summed E-state index contributed by atoms with van der Waals surface area (Å²) in [5, 5.41) is 11.3. The monoisotopic (exact) mass is 531 g/mol. The van der Waals surface area contributed by atoms with Crippen LogP contribution in [0.2, 0.25) is 5.02 Å². The minimum Gasteiger partial charge on any atom is -0.487 e. The van der Waals surface area contributed by atoms with Crippen molar-refractivity contribution in [2.24, 2.45) is 5.73 Å². The molecule has 0 unspecified atom stereocenters. The van der Waals surface area contributed by atoms with Gasteiger partial charge >= 0.3 is 0 Å². The fraction of sp³-hybridized carbons (Fsp3) is 0.355. The molecule has 1 saturated heterocycles. The van der Waals surface area contributed by atoms with Crippen LogP contribution in [0.3, 0.4) is 0 Å². The van der Waals surface area contributed by atoms with Crippen LogP contribution in [0.15, 0.2) is 66.9 Å². The molecule has 38 heavy (non-hydrogen) atoms. The summed E-state index contributed by atoms with van der Waals surface area (Å²) in [6, 6.07) is 17.4. The smallest absolute Gasteiger partial charge is 0.228 e. The number of amides is 1. The Morgan fingerprint density at radius 2 is 1.89 bits per heavy atom. The molecule has 0 aliphatic carbocycles. The van der Waals surface area contributed by atoms with Gasteiger partial charge < -0.3 is 20.5 Å². The Balaban J connectivity index is 1.36. The zero-order valence-corrected chi connectivity index (χ0v) is 22.7. The number of rotatable bonds is 6. The Morgan fingerprint density at radius 3 is 2.58 bits per heavy atom. The number of halogens is 1. The van der Waals surface area contributed by atoms with Crippen LogP contribution in [0.4, 0.5) is 0 Å². The molecule has 0 atom stereocenters. The molecule has 0 radical (unpaired) electrons. The number of primary amides is 1. The summed E-state index contributed by atoms with van der Waals surface area (Å²) in [4.78, 5) is 19.5. The molecule has 0 saturated carbocycles. The summed E-state index contributed by atoms with van der Waals surface area (Å²) in [5.74, 6) is 0.512. The van der Waals surface area contributed by atoms with Gasteiger partial charge in [0.2, 0.25) is 5.91 Å². The zero-order chi connectivity index (χ0) is 26.9. The predicted molar refractivity (Wildman–Crippen MR) is 150 cm³/mol. The quantitative estimate of drug-likeness (QED) is 0.456. The fourth-order valence-corrected chi connectivity index (χ4v) is 5.68. The number of piperidine rings is 1. The molecule has 2 aliphatic heterocycles. The van der Waals surface area contributed by atoms with E-state index in [1.54, 1.807) is 20.0 Å². The van der Waals surface area contributed by atoms with E-state index in [9.17, 15) is 9.90 Å². The third kappa shape index (κ3) is 5.21. The summed E-state index contributed by atoms with van der Waals surface area (Å²) >= 11 is 6.07. The summed E-state index contributed by atoms with van der Waals surface area (Å²) in [7, 11) is 0. The molecule has 2 aliphatic rings. The molecule has 2 aromatic carbocycles. The second kappa shape index (κ2) is 10.5. The van der Waals surface area contributed by atoms with Crippen molar-refractivity contribution in [1.82, 2.24) is 9.88 Å². The van der Waals surface area contributed by atoms with Gasteiger partial charge in [-0.15, -0.1) is 0 Å². The standard InChI is InChI=1S/C31H34ClN3O3/c1-30(2,37)22-9-12-28-26(19-22)24(25-5-3-15-34-27(25)20-38-28)6-4-16-35-17-13-31(14-18-35,29(33)36)21-7-10-23(32)11-8-21/h3,5-12,15,19,37H,4,13-14,16-18,20H2,1-2H3,(H2,33,36). The van der Waals surface area contributed by atoms with Crippen molar-refractivity contribution in [3.05, 3.63) is 99.8 Å². The third-order valence-electron chi connectivity index (χ3n) is 7.89. The van der Waals surface area contributed by atoms with Gasteiger partial charge in [0, 0.05) is 28.9 Å². The van der Waals surface area contributed by atoms with Gasteiger partial charge in [0.05, 0.1) is 16.7 Å². The number of aromatic nitrogens is 1. The number of fused-ring (bicyclic) bond motifs is 2. The number of benzene rings is 2. The van der Waals surface area contributed by atoms with Crippen molar-refractivity contribution in [2.75, 3.05) is 19.6 Å². The highest BCUT2D eigenvalue weighted by atomic mass is 35.5. The zero-order valence-electron chi connectivity index (χ0n) is 21.9. The Hall–Kier alpha value is -3.19. The van der Waals surface area contributed by atoms with Gasteiger partial charge in [-0.25, -0.2) is 0 Å². The van der Waals surface area contributed by atoms with Crippen molar-refractivity contribution in [3.63, 3.8) is 0 Å². The van der Waals surface area contributed by atoms with Gasteiger partial charge in [-0.1, -0.05) is 41.9 Å². The average molecular weight is 532 g/mol. The maximum atomic E-state index is 12.6. The highest BCUT2D eigenvalue weighted by molar-refractivity contribution is 6.30. The largest absolute Gasteiger partial charge is 0.487 e. The van der Waals surface area contributed by atoms with Gasteiger partial charge in [-0.2, -0.15) is 0 Å². The lowest BCUT2D eigenvalue weighted by molar-refractivity contribution is -0.125. The van der Waals surface area contributed by atoms with Crippen LogP contribution in [0.1, 0.15) is 61.1 Å². The van der Waals surface area contributed by atoms with Crippen LogP contribution >= 0.6 is 11.6 Å². The van der Waals surface area contributed by atoms with Crippen molar-refractivity contribution < 1.29 is 14.6 Å². The van der Waals surface area contributed by atoms with Crippen molar-refractivity contribution in [1.29, 1.82) is 0 Å². The van der Waals surface area contributed by atoms with E-state index in [0.717, 1.165) is 65.3 Å². The molecule has 3 aromatic rings. The Labute approximate surface area is 229 Å². The molecule has 7 heteroatoms. The van der Waals surface area contributed by atoms with E-state index in [0.29, 0.717) is 24.5 Å². The van der Waals surface area contributed by atoms with Crippen molar-refractivity contribution >= 4 is 23.1 Å². The van der Waals surface area contributed by atoms with Crippen molar-refractivity contribution in [2.45, 2.75) is 50.7 Å². The van der Waals surface area contributed by atoms with Crippen LogP contribution in [-0.2, 0) is 22.4 Å². The van der Waals surface area contributed by atoms with Crippen LogP contribution in [0.5, 0.6) is 5.75 Å². The number of carbonyl (C=O) groups is 1. The first-order valence-corrected chi connectivity index (χ1v) is 13.5. The molecule has 1 amide bonds. The fourth-order valence-electron chi connectivity index (χ4n) is 5.55. The first-order chi connectivity index (χ1) is 18.2. The van der Waals surface area contributed by atoms with Crippen LogP contribution in [-0.4, -0.2) is 40.5 Å². The summed E-state index contributed by atoms with van der Waals surface area (Å²) in [5.41, 5.74) is 10.1. The number of pyridine rings is 1. The van der Waals surface area contributed by atoms with Crippen LogP contribution in [0, 0.1) is 0 Å². The van der Waals surface area contributed by atoms with E-state index in [-0.39, 0.29) is 5.91 Å². The van der Waals surface area contributed by atoms with Gasteiger partial charge in [0.15, 0.2) is 0 Å². The second-order valence-corrected chi connectivity index (χ2v) is 11.2. The normalized spacial score (nSPS) is 18.3. The maximum absolute atomic E-state index is 12.6. The summed E-state index contributed by atoms with van der Waals surface area (Å²) in [6.07, 6.45) is 6.22. The lowest BCUT2D eigenvalue weighted by Crippen LogP contribution is -2.50. The van der Waals surface area contributed by atoms with E-state index >= 15 is 0 Å². The molecule has 6 nitrogen and oxygen atoms in total. The molecular formula is C31H34ClN3O3.